The summed E-state index contributed by atoms with van der Waals surface area (Å²) in [6.07, 6.45) is 3.91. The predicted octanol–water partition coefficient (Wildman–Crippen LogP) is 3.35. The van der Waals surface area contributed by atoms with Crippen LogP contribution in [0, 0.1) is 16.7 Å². The zero-order valence-corrected chi connectivity index (χ0v) is 11.0. The van der Waals surface area contributed by atoms with Gasteiger partial charge in [0.25, 0.3) is 0 Å². The van der Waals surface area contributed by atoms with E-state index in [0.29, 0.717) is 22.9 Å². The van der Waals surface area contributed by atoms with Gasteiger partial charge in [-0.25, -0.2) is 0 Å². The molecule has 0 amide bonds. The molecule has 2 rings (SSSR count). The van der Waals surface area contributed by atoms with Crippen LogP contribution in [0.15, 0.2) is 42.2 Å². The molecule has 0 spiro atoms. The van der Waals surface area contributed by atoms with Gasteiger partial charge in [-0.15, -0.1) is 0 Å². The quantitative estimate of drug-likeness (QED) is 0.710. The smallest absolute Gasteiger partial charge is 0.102 e. The number of nitrogens with two attached hydrogens (primary N) is 1. The van der Waals surface area contributed by atoms with Crippen LogP contribution < -0.4 is 11.1 Å². The Labute approximate surface area is 109 Å². The van der Waals surface area contributed by atoms with Gasteiger partial charge >= 0.3 is 0 Å². The van der Waals surface area contributed by atoms with Gasteiger partial charge in [0.2, 0.25) is 0 Å². The van der Waals surface area contributed by atoms with Crippen LogP contribution in [0.1, 0.15) is 26.7 Å². The summed E-state index contributed by atoms with van der Waals surface area (Å²) in [6, 6.07) is 9.78. The Balaban J connectivity index is 1.91. The molecule has 3 heteroatoms. The zero-order valence-electron chi connectivity index (χ0n) is 11.0. The maximum atomic E-state index is 8.02. The summed E-state index contributed by atoms with van der Waals surface area (Å²) < 4.78 is 0. The van der Waals surface area contributed by atoms with E-state index >= 15 is 0 Å². The number of hydrogen-bond acceptors (Lipinski definition) is 3. The molecule has 18 heavy (non-hydrogen) atoms. The van der Waals surface area contributed by atoms with Crippen LogP contribution in [0.5, 0.6) is 0 Å². The van der Waals surface area contributed by atoms with Gasteiger partial charge in [-0.05, 0) is 36.5 Å². The summed E-state index contributed by atoms with van der Waals surface area (Å²) >= 11 is 0. The van der Waals surface area contributed by atoms with E-state index in [2.05, 4.69) is 19.2 Å². The first-order valence-corrected chi connectivity index (χ1v) is 6.34. The fourth-order valence-corrected chi connectivity index (χ4v) is 2.50. The molecule has 96 valence electrons. The van der Waals surface area contributed by atoms with Gasteiger partial charge in [-0.3, -0.25) is 0 Å². The van der Waals surface area contributed by atoms with Gasteiger partial charge in [0.05, 0.1) is 0 Å². The normalized spacial score (nSPS) is 19.1. The molecule has 0 radical (unpaired) electrons. The molecule has 1 fully saturated rings. The molecule has 0 bridgehead atoms. The van der Waals surface area contributed by atoms with Crippen LogP contribution in [0.2, 0.25) is 0 Å². The Morgan fingerprint density at radius 3 is 2.50 bits per heavy atom. The topological polar surface area (TPSA) is 61.9 Å². The molecule has 0 heterocycles. The predicted molar refractivity (Wildman–Crippen MR) is 76.6 cm³/mol. The largest absolute Gasteiger partial charge is 0.385 e. The minimum atomic E-state index is 0.371. The van der Waals surface area contributed by atoms with Crippen LogP contribution in [0.25, 0.3) is 0 Å². The molecule has 1 aromatic rings. The number of rotatable bonds is 4. The van der Waals surface area contributed by atoms with Crippen molar-refractivity contribution < 1.29 is 0 Å². The molecular formula is C15H21N3. The second-order valence-electron chi connectivity index (χ2n) is 5.82. The van der Waals surface area contributed by atoms with E-state index in [-0.39, 0.29) is 0 Å². The second-order valence-corrected chi connectivity index (χ2v) is 5.82. The van der Waals surface area contributed by atoms with Crippen LogP contribution >= 0.6 is 0 Å². The number of anilines is 1. The molecule has 0 saturated heterocycles. The van der Waals surface area contributed by atoms with E-state index in [0.717, 1.165) is 18.5 Å². The molecule has 4 N–H and O–H groups in total. The van der Waals surface area contributed by atoms with E-state index < -0.39 is 0 Å². The SMILES string of the molecule is CC1(C)CC(C(=N)/C=C(/N)Nc2ccccc2)C1. The number of benzene rings is 1. The summed E-state index contributed by atoms with van der Waals surface area (Å²) in [5.41, 5.74) is 7.88. The average molecular weight is 243 g/mol. The summed E-state index contributed by atoms with van der Waals surface area (Å²) in [5.74, 6) is 0.909. The average Bonchev–Trinajstić information content (AvgIpc) is 2.26. The lowest BCUT2D eigenvalue weighted by Gasteiger charge is -2.42. The second kappa shape index (κ2) is 4.84. The van der Waals surface area contributed by atoms with Gasteiger partial charge in [0.1, 0.15) is 5.82 Å². The van der Waals surface area contributed by atoms with Gasteiger partial charge in [0, 0.05) is 17.3 Å². The number of para-hydroxylation sites is 1. The van der Waals surface area contributed by atoms with Crippen molar-refractivity contribution in [3.8, 4) is 0 Å². The number of nitrogens with one attached hydrogen (secondary N) is 2. The molecule has 0 atom stereocenters. The Morgan fingerprint density at radius 2 is 1.94 bits per heavy atom. The number of hydrogen-bond donors (Lipinski definition) is 3. The van der Waals surface area contributed by atoms with Crippen LogP contribution in [-0.4, -0.2) is 5.71 Å². The standard InChI is InChI=1S/C15H21N3/c1-15(2)9-11(10-15)13(16)8-14(17)18-12-6-4-3-5-7-12/h3-8,11,16,18H,9-10,17H2,1-2H3/b14-8-,16-13?. The van der Waals surface area contributed by atoms with Crippen molar-refractivity contribution in [1.29, 1.82) is 5.41 Å². The van der Waals surface area contributed by atoms with Crippen molar-refractivity contribution in [3.63, 3.8) is 0 Å². The first-order valence-electron chi connectivity index (χ1n) is 6.34. The van der Waals surface area contributed by atoms with Crippen LogP contribution in [0.3, 0.4) is 0 Å². The Bertz CT molecular complexity index is 452. The van der Waals surface area contributed by atoms with Crippen molar-refractivity contribution in [3.05, 3.63) is 42.2 Å². The van der Waals surface area contributed by atoms with Gasteiger partial charge in [-0.1, -0.05) is 32.0 Å². The van der Waals surface area contributed by atoms with Gasteiger partial charge in [-0.2, -0.15) is 0 Å². The minimum absolute atomic E-state index is 0.371. The van der Waals surface area contributed by atoms with Gasteiger partial charge < -0.3 is 16.5 Å². The molecule has 1 aliphatic rings. The lowest BCUT2D eigenvalue weighted by Crippen LogP contribution is -2.36. The Morgan fingerprint density at radius 1 is 1.33 bits per heavy atom. The van der Waals surface area contributed by atoms with E-state index in [9.17, 15) is 0 Å². The minimum Gasteiger partial charge on any atom is -0.385 e. The summed E-state index contributed by atoms with van der Waals surface area (Å²) in [6.45, 7) is 4.48. The maximum absolute atomic E-state index is 8.02. The number of allylic oxidation sites excluding steroid dienone is 1. The first kappa shape index (κ1) is 12.7. The molecule has 1 aliphatic carbocycles. The third-order valence-electron chi connectivity index (χ3n) is 3.41. The third kappa shape index (κ3) is 3.13. The molecule has 0 aromatic heterocycles. The van der Waals surface area contributed by atoms with Crippen molar-refractivity contribution in [1.82, 2.24) is 0 Å². The third-order valence-corrected chi connectivity index (χ3v) is 3.41. The highest BCUT2D eigenvalue weighted by atomic mass is 15.0. The van der Waals surface area contributed by atoms with Crippen molar-refractivity contribution >= 4 is 11.4 Å². The molecule has 0 aliphatic heterocycles. The molecule has 1 saturated carbocycles. The fourth-order valence-electron chi connectivity index (χ4n) is 2.50. The Hall–Kier alpha value is -1.77. The summed E-state index contributed by atoms with van der Waals surface area (Å²) in [4.78, 5) is 0. The fraction of sp³-hybridized carbons (Fsp3) is 0.400. The van der Waals surface area contributed by atoms with E-state index in [1.807, 2.05) is 30.3 Å². The van der Waals surface area contributed by atoms with E-state index in [1.165, 1.54) is 0 Å². The summed E-state index contributed by atoms with van der Waals surface area (Å²) in [7, 11) is 0. The lowest BCUT2D eigenvalue weighted by atomic mass is 9.63. The molecule has 1 aromatic carbocycles. The van der Waals surface area contributed by atoms with Crippen molar-refractivity contribution in [2.45, 2.75) is 26.7 Å². The Kier molecular flexibility index (Phi) is 3.41. The van der Waals surface area contributed by atoms with Crippen LogP contribution in [0.4, 0.5) is 5.69 Å². The maximum Gasteiger partial charge on any atom is 0.102 e. The molecular weight excluding hydrogens is 222 g/mol. The first-order chi connectivity index (χ1) is 8.46. The van der Waals surface area contributed by atoms with Crippen molar-refractivity contribution in [2.24, 2.45) is 17.1 Å². The lowest BCUT2D eigenvalue weighted by molar-refractivity contribution is 0.144. The highest BCUT2D eigenvalue weighted by Crippen LogP contribution is 2.45. The van der Waals surface area contributed by atoms with Crippen molar-refractivity contribution in [2.75, 3.05) is 5.32 Å². The molecule has 3 nitrogen and oxygen atoms in total. The summed E-state index contributed by atoms with van der Waals surface area (Å²) in [5, 5.41) is 11.1. The zero-order chi connectivity index (χ0) is 13.2. The van der Waals surface area contributed by atoms with Gasteiger partial charge in [0.15, 0.2) is 0 Å². The highest BCUT2D eigenvalue weighted by molar-refractivity contribution is 5.95. The van der Waals surface area contributed by atoms with Crippen LogP contribution in [-0.2, 0) is 0 Å². The van der Waals surface area contributed by atoms with E-state index in [4.69, 9.17) is 11.1 Å². The monoisotopic (exact) mass is 243 g/mol. The highest BCUT2D eigenvalue weighted by Gasteiger charge is 2.37. The van der Waals surface area contributed by atoms with E-state index in [1.54, 1.807) is 6.08 Å². The molecule has 0 unspecified atom stereocenters.